The molecule has 0 aromatic rings. The molecule has 0 aromatic carbocycles. The first-order chi connectivity index (χ1) is 7.41. The fraction of sp³-hybridized carbons (Fsp3) is 0.875. The highest BCUT2D eigenvalue weighted by molar-refractivity contribution is 7.88. The molecule has 3 N–H and O–H groups in total. The fourth-order valence-electron chi connectivity index (χ4n) is 0.881. The van der Waals surface area contributed by atoms with E-state index in [1.807, 2.05) is 0 Å². The third-order valence-electron chi connectivity index (χ3n) is 1.74. The molecule has 0 bridgehead atoms. The maximum atomic E-state index is 11.2. The van der Waals surface area contributed by atoms with Gasteiger partial charge >= 0.3 is 16.3 Å². The summed E-state index contributed by atoms with van der Waals surface area (Å²) < 4.78 is 30.8. The quantitative estimate of drug-likeness (QED) is 0.572. The number of rotatable bonds is 7. The van der Waals surface area contributed by atoms with E-state index in [9.17, 15) is 13.2 Å². The molecule has 1 amide bonds. The van der Waals surface area contributed by atoms with Gasteiger partial charge in [-0.25, -0.2) is 9.52 Å². The highest BCUT2D eigenvalue weighted by Crippen LogP contribution is 1.98. The summed E-state index contributed by atoms with van der Waals surface area (Å²) >= 11 is 0. The number of hydrogen-bond donors (Lipinski definition) is 3. The first-order valence-corrected chi connectivity index (χ1v) is 6.44. The van der Waals surface area contributed by atoms with Crippen molar-refractivity contribution in [1.82, 2.24) is 9.44 Å². The Morgan fingerprint density at radius 2 is 2.12 bits per heavy atom. The van der Waals surface area contributed by atoms with Crippen molar-refractivity contribution in [2.45, 2.75) is 20.3 Å². The van der Waals surface area contributed by atoms with Crippen LogP contribution in [0.25, 0.3) is 0 Å². The van der Waals surface area contributed by atoms with Crippen molar-refractivity contribution in [3.05, 3.63) is 0 Å². The zero-order valence-electron chi connectivity index (χ0n) is 9.39. The zero-order valence-corrected chi connectivity index (χ0v) is 10.2. The summed E-state index contributed by atoms with van der Waals surface area (Å²) in [5.74, 6) is -0.0104. The first kappa shape index (κ1) is 15.1. The normalized spacial score (nSPS) is 13.2. The highest BCUT2D eigenvalue weighted by Gasteiger charge is 2.15. The number of nitrogens with one attached hydrogen (secondary N) is 2. The van der Waals surface area contributed by atoms with Crippen LogP contribution in [-0.4, -0.2) is 39.4 Å². The summed E-state index contributed by atoms with van der Waals surface area (Å²) in [6, 6.07) is 0. The molecule has 16 heavy (non-hydrogen) atoms. The van der Waals surface area contributed by atoms with E-state index in [4.69, 9.17) is 5.11 Å². The van der Waals surface area contributed by atoms with E-state index in [2.05, 4.69) is 9.46 Å². The lowest BCUT2D eigenvalue weighted by Crippen LogP contribution is -2.42. The van der Waals surface area contributed by atoms with Crippen molar-refractivity contribution in [3.63, 3.8) is 0 Å². The Hall–Kier alpha value is -0.860. The number of ether oxygens (including phenoxy) is 1. The minimum absolute atomic E-state index is 0.00575. The summed E-state index contributed by atoms with van der Waals surface area (Å²) in [4.78, 5) is 10.8. The van der Waals surface area contributed by atoms with Crippen molar-refractivity contribution >= 4 is 16.3 Å². The molecule has 0 aromatic heterocycles. The van der Waals surface area contributed by atoms with Crippen LogP contribution in [0.3, 0.4) is 0 Å². The van der Waals surface area contributed by atoms with Gasteiger partial charge in [-0.05, 0) is 19.3 Å². The molecular formula is C8H18N2O5S. The van der Waals surface area contributed by atoms with Crippen LogP contribution in [0.2, 0.25) is 0 Å². The molecule has 7 nitrogen and oxygen atoms in total. The third kappa shape index (κ3) is 7.43. The molecular weight excluding hydrogens is 236 g/mol. The van der Waals surface area contributed by atoms with Crippen LogP contribution in [-0.2, 0) is 14.9 Å². The van der Waals surface area contributed by atoms with E-state index in [-0.39, 0.29) is 25.7 Å². The minimum Gasteiger partial charge on any atom is -0.449 e. The first-order valence-electron chi connectivity index (χ1n) is 4.96. The Kier molecular flexibility index (Phi) is 7.02. The standard InChI is InChI=1S/C8H18N2O5S/c1-3-15-8(12)10-16(13,14)9-6-7(2)4-5-11/h7,9,11H,3-6H2,1-2H3,(H,10,12). The van der Waals surface area contributed by atoms with Gasteiger partial charge in [0, 0.05) is 13.2 Å². The van der Waals surface area contributed by atoms with Crippen molar-refractivity contribution in [3.8, 4) is 0 Å². The van der Waals surface area contributed by atoms with E-state index in [1.165, 1.54) is 0 Å². The van der Waals surface area contributed by atoms with Gasteiger partial charge in [-0.1, -0.05) is 6.92 Å². The second-order valence-corrected chi connectivity index (χ2v) is 4.79. The molecule has 8 heteroatoms. The minimum atomic E-state index is -3.87. The van der Waals surface area contributed by atoms with Crippen LogP contribution < -0.4 is 9.44 Å². The lowest BCUT2D eigenvalue weighted by Gasteiger charge is -2.11. The smallest absolute Gasteiger partial charge is 0.421 e. The highest BCUT2D eigenvalue weighted by atomic mass is 32.2. The van der Waals surface area contributed by atoms with Gasteiger partial charge in [0.1, 0.15) is 0 Å². The Balaban J connectivity index is 4.01. The van der Waals surface area contributed by atoms with Gasteiger partial charge in [0.15, 0.2) is 0 Å². The Labute approximate surface area is 95.4 Å². The summed E-state index contributed by atoms with van der Waals surface area (Å²) in [5, 5.41) is 8.61. The van der Waals surface area contributed by atoms with Crippen LogP contribution in [0.1, 0.15) is 20.3 Å². The molecule has 96 valence electrons. The molecule has 0 aliphatic carbocycles. The average molecular weight is 254 g/mol. The lowest BCUT2D eigenvalue weighted by atomic mass is 10.1. The van der Waals surface area contributed by atoms with Crippen molar-refractivity contribution < 1.29 is 23.1 Å². The average Bonchev–Trinajstić information content (AvgIpc) is 2.15. The zero-order chi connectivity index (χ0) is 12.6. The molecule has 0 saturated heterocycles. The maximum Gasteiger partial charge on any atom is 0.421 e. The SMILES string of the molecule is CCOC(=O)NS(=O)(=O)NCC(C)CCO. The number of carbonyl (C=O) groups excluding carboxylic acids is 1. The van der Waals surface area contributed by atoms with Gasteiger partial charge in [0.05, 0.1) is 6.61 Å². The summed E-state index contributed by atoms with van der Waals surface area (Å²) in [6.07, 6.45) is -0.521. The topological polar surface area (TPSA) is 105 Å². The Bertz CT molecular complexity index is 304. The van der Waals surface area contributed by atoms with E-state index in [1.54, 1.807) is 18.6 Å². The number of amides is 1. The molecule has 0 heterocycles. The van der Waals surface area contributed by atoms with E-state index in [0.717, 1.165) is 0 Å². The molecule has 0 aliphatic heterocycles. The van der Waals surface area contributed by atoms with Gasteiger partial charge < -0.3 is 9.84 Å². The second-order valence-electron chi connectivity index (χ2n) is 3.29. The Morgan fingerprint density at radius 3 is 2.62 bits per heavy atom. The van der Waals surface area contributed by atoms with Gasteiger partial charge in [-0.2, -0.15) is 13.1 Å². The number of hydrogen-bond acceptors (Lipinski definition) is 5. The summed E-state index contributed by atoms with van der Waals surface area (Å²) in [5.41, 5.74) is 0. The monoisotopic (exact) mass is 254 g/mol. The molecule has 0 fully saturated rings. The van der Waals surface area contributed by atoms with Gasteiger partial charge in [0.2, 0.25) is 0 Å². The Morgan fingerprint density at radius 1 is 1.50 bits per heavy atom. The fourth-order valence-corrected chi connectivity index (χ4v) is 1.74. The van der Waals surface area contributed by atoms with E-state index in [0.29, 0.717) is 6.42 Å². The lowest BCUT2D eigenvalue weighted by molar-refractivity contribution is 0.158. The summed E-state index contributed by atoms with van der Waals surface area (Å²) in [6.45, 7) is 3.60. The molecule has 0 saturated carbocycles. The van der Waals surface area contributed by atoms with Gasteiger partial charge in [0.25, 0.3) is 0 Å². The predicted molar refractivity (Wildman–Crippen MR) is 57.9 cm³/mol. The molecule has 1 unspecified atom stereocenters. The predicted octanol–water partition coefficient (Wildman–Crippen LogP) is -0.415. The van der Waals surface area contributed by atoms with Crippen LogP contribution in [0.15, 0.2) is 0 Å². The molecule has 1 atom stereocenters. The molecule has 0 spiro atoms. The maximum absolute atomic E-state index is 11.2. The molecule has 0 rings (SSSR count). The van der Waals surface area contributed by atoms with Crippen LogP contribution in [0, 0.1) is 5.92 Å². The molecule has 0 radical (unpaired) electrons. The van der Waals surface area contributed by atoms with Gasteiger partial charge in [-0.3, -0.25) is 0 Å². The van der Waals surface area contributed by atoms with Crippen molar-refractivity contribution in [2.24, 2.45) is 5.92 Å². The van der Waals surface area contributed by atoms with Crippen LogP contribution in [0.5, 0.6) is 0 Å². The number of aliphatic hydroxyl groups is 1. The number of carbonyl (C=O) groups is 1. The number of aliphatic hydroxyl groups excluding tert-OH is 1. The van der Waals surface area contributed by atoms with Gasteiger partial charge in [-0.15, -0.1) is 0 Å². The third-order valence-corrected chi connectivity index (χ3v) is 2.72. The van der Waals surface area contributed by atoms with E-state index >= 15 is 0 Å². The second kappa shape index (κ2) is 7.42. The summed E-state index contributed by atoms with van der Waals surface area (Å²) in [7, 11) is -3.87. The van der Waals surface area contributed by atoms with Crippen LogP contribution in [0.4, 0.5) is 4.79 Å². The largest absolute Gasteiger partial charge is 0.449 e. The van der Waals surface area contributed by atoms with E-state index < -0.39 is 16.3 Å². The molecule has 0 aliphatic rings. The van der Waals surface area contributed by atoms with Crippen molar-refractivity contribution in [1.29, 1.82) is 0 Å². The van der Waals surface area contributed by atoms with Crippen LogP contribution >= 0.6 is 0 Å². The van der Waals surface area contributed by atoms with Crippen molar-refractivity contribution in [2.75, 3.05) is 19.8 Å².